The molecule has 0 aliphatic carbocycles. The quantitative estimate of drug-likeness (QED) is 0.0645. The maximum atomic E-state index is 12.2. The first-order valence-electron chi connectivity index (χ1n) is 19.9. The number of unbranched alkanes of at least 4 members (excludes halogenated alkanes) is 14. The topological polar surface area (TPSA) is 99.1 Å². The molecular weight excluding hydrogens is 616 g/mol. The number of carbonyl (C=O) groups is 2. The summed E-state index contributed by atoms with van der Waals surface area (Å²) >= 11 is 0. The average molecular weight is 687 g/mol. The molecule has 0 aliphatic rings. The third-order valence-corrected chi connectivity index (χ3v) is 9.72. The van der Waals surface area contributed by atoms with E-state index in [-0.39, 0.29) is 25.2 Å². The van der Waals surface area contributed by atoms with Crippen molar-refractivity contribution in [2.24, 2.45) is 0 Å². The number of rotatable bonds is 30. The Kier molecular flexibility index (Phi) is 22.9. The van der Waals surface area contributed by atoms with E-state index in [0.717, 1.165) is 107 Å². The van der Waals surface area contributed by atoms with Crippen LogP contribution < -0.4 is 0 Å². The average Bonchev–Trinajstić information content (AvgIpc) is 3.57. The number of aryl methyl sites for hydroxylation is 5. The number of furan rings is 2. The molecule has 7 heteroatoms. The van der Waals surface area contributed by atoms with Gasteiger partial charge >= 0.3 is 11.9 Å². The molecule has 2 rings (SSSR count). The van der Waals surface area contributed by atoms with Crippen LogP contribution in [-0.2, 0) is 44.7 Å². The molecule has 1 N–H and O–H groups in total. The lowest BCUT2D eigenvalue weighted by Gasteiger charge is -2.15. The van der Waals surface area contributed by atoms with Gasteiger partial charge in [0.25, 0.3) is 0 Å². The van der Waals surface area contributed by atoms with E-state index in [1.54, 1.807) is 0 Å². The Morgan fingerprint density at radius 1 is 0.612 bits per heavy atom. The third kappa shape index (κ3) is 18.3. The predicted octanol–water partition coefficient (Wildman–Crippen LogP) is 11.0. The third-order valence-electron chi connectivity index (χ3n) is 9.72. The highest BCUT2D eigenvalue weighted by Crippen LogP contribution is 2.25. The second-order valence-corrected chi connectivity index (χ2v) is 14.2. The Bertz CT molecular complexity index is 1160. The minimum atomic E-state index is -0.799. The summed E-state index contributed by atoms with van der Waals surface area (Å²) < 4.78 is 22.8. The van der Waals surface area contributed by atoms with Crippen molar-refractivity contribution in [1.82, 2.24) is 0 Å². The number of hydrogen-bond donors (Lipinski definition) is 1. The fraction of sp³-hybridized carbons (Fsp3) is 0.762. The minimum absolute atomic E-state index is 0.0899. The van der Waals surface area contributed by atoms with E-state index in [1.807, 2.05) is 0 Å². The highest BCUT2D eigenvalue weighted by Gasteiger charge is 2.16. The van der Waals surface area contributed by atoms with E-state index in [9.17, 15) is 14.7 Å². The van der Waals surface area contributed by atoms with Crippen LogP contribution in [0.25, 0.3) is 0 Å². The molecule has 2 aromatic heterocycles. The van der Waals surface area contributed by atoms with Crippen LogP contribution in [0.2, 0.25) is 0 Å². The van der Waals surface area contributed by atoms with Crippen molar-refractivity contribution in [2.75, 3.05) is 13.2 Å². The lowest BCUT2D eigenvalue weighted by molar-refractivity contribution is -0.161. The summed E-state index contributed by atoms with van der Waals surface area (Å²) in [5, 5.41) is 9.60. The molecule has 0 spiro atoms. The summed E-state index contributed by atoms with van der Waals surface area (Å²) in [6.45, 7) is 10.5. The zero-order chi connectivity index (χ0) is 35.7. The fourth-order valence-corrected chi connectivity index (χ4v) is 6.44. The monoisotopic (exact) mass is 687 g/mol. The van der Waals surface area contributed by atoms with Gasteiger partial charge in [0, 0.05) is 38.5 Å². The van der Waals surface area contributed by atoms with Crippen molar-refractivity contribution in [3.05, 3.63) is 45.8 Å². The van der Waals surface area contributed by atoms with Crippen molar-refractivity contribution in [2.45, 2.75) is 195 Å². The molecule has 0 saturated heterocycles. The standard InChI is InChI=1S/C42H70O7/c1-6-8-19-25-36-30-33(3)38(47-36)26-20-15-11-9-10-12-17-22-28-41(44)46-32-37(31-43)48-42(45)29-23-18-14-13-16-21-27-40-35(5)34(4)39(49-40)24-7-2/h30,37,43H,6-29,31-32H2,1-5H3/t37-/m0/s1. The van der Waals surface area contributed by atoms with Crippen LogP contribution in [0.3, 0.4) is 0 Å². The van der Waals surface area contributed by atoms with E-state index < -0.39 is 6.10 Å². The second-order valence-electron chi connectivity index (χ2n) is 14.2. The molecule has 0 saturated carbocycles. The second kappa shape index (κ2) is 26.3. The van der Waals surface area contributed by atoms with E-state index in [1.165, 1.54) is 73.8 Å². The number of carbonyl (C=O) groups excluding carboxylic acids is 2. The molecule has 2 heterocycles. The molecule has 0 fully saturated rings. The normalized spacial score (nSPS) is 12.0. The van der Waals surface area contributed by atoms with Crippen LogP contribution >= 0.6 is 0 Å². The maximum Gasteiger partial charge on any atom is 0.306 e. The smallest absolute Gasteiger partial charge is 0.306 e. The van der Waals surface area contributed by atoms with Gasteiger partial charge in [0.05, 0.1) is 6.61 Å². The highest BCUT2D eigenvalue weighted by atomic mass is 16.6. The Hall–Kier alpha value is -2.54. The summed E-state index contributed by atoms with van der Waals surface area (Å²) in [4.78, 5) is 24.4. The van der Waals surface area contributed by atoms with Crippen molar-refractivity contribution in [3.8, 4) is 0 Å². The lowest BCUT2D eigenvalue weighted by Crippen LogP contribution is -2.28. The number of ether oxygens (including phenoxy) is 2. The van der Waals surface area contributed by atoms with Crippen LogP contribution in [0.5, 0.6) is 0 Å². The molecule has 0 aromatic carbocycles. The number of esters is 2. The van der Waals surface area contributed by atoms with Crippen LogP contribution in [0.1, 0.15) is 182 Å². The summed E-state index contributed by atoms with van der Waals surface area (Å²) in [6, 6.07) is 2.22. The molecule has 0 radical (unpaired) electrons. The van der Waals surface area contributed by atoms with Gasteiger partial charge in [0.1, 0.15) is 29.6 Å². The lowest BCUT2D eigenvalue weighted by atomic mass is 10.0. The SMILES string of the molecule is CCCCCc1cc(C)c(CCCCCCCCCCC(=O)OC[C@H](CO)OC(=O)CCCCCCCCc2oc(CCC)c(C)c2C)o1. The molecule has 7 nitrogen and oxygen atoms in total. The van der Waals surface area contributed by atoms with Crippen molar-refractivity contribution < 1.29 is 33.0 Å². The Balaban J connectivity index is 1.40. The summed E-state index contributed by atoms with van der Waals surface area (Å²) in [6.07, 6.45) is 24.0. The number of aliphatic hydroxyl groups is 1. The molecule has 49 heavy (non-hydrogen) atoms. The molecule has 1 atom stereocenters. The maximum absolute atomic E-state index is 12.2. The van der Waals surface area contributed by atoms with Gasteiger partial charge in [0.2, 0.25) is 0 Å². The first-order chi connectivity index (χ1) is 23.8. The zero-order valence-corrected chi connectivity index (χ0v) is 31.9. The van der Waals surface area contributed by atoms with Crippen LogP contribution in [0.4, 0.5) is 0 Å². The Labute approximate surface area is 298 Å². The van der Waals surface area contributed by atoms with Crippen LogP contribution in [0, 0.1) is 20.8 Å². The Morgan fingerprint density at radius 2 is 1.12 bits per heavy atom. The van der Waals surface area contributed by atoms with Crippen molar-refractivity contribution in [3.63, 3.8) is 0 Å². The number of aliphatic hydroxyl groups excluding tert-OH is 1. The van der Waals surface area contributed by atoms with E-state index in [4.69, 9.17) is 18.3 Å². The summed E-state index contributed by atoms with van der Waals surface area (Å²) in [5.41, 5.74) is 3.92. The Morgan fingerprint density at radius 3 is 1.69 bits per heavy atom. The van der Waals surface area contributed by atoms with Gasteiger partial charge in [-0.25, -0.2) is 0 Å². The number of hydrogen-bond acceptors (Lipinski definition) is 7. The van der Waals surface area contributed by atoms with Gasteiger partial charge in [-0.05, 0) is 82.1 Å². The fourth-order valence-electron chi connectivity index (χ4n) is 6.44. The zero-order valence-electron chi connectivity index (χ0n) is 31.9. The minimum Gasteiger partial charge on any atom is -0.466 e. The van der Waals surface area contributed by atoms with Crippen molar-refractivity contribution >= 4 is 11.9 Å². The van der Waals surface area contributed by atoms with Crippen LogP contribution in [-0.4, -0.2) is 36.4 Å². The van der Waals surface area contributed by atoms with Gasteiger partial charge in [-0.15, -0.1) is 0 Å². The van der Waals surface area contributed by atoms with E-state index in [2.05, 4.69) is 40.7 Å². The first-order valence-corrected chi connectivity index (χ1v) is 19.9. The molecule has 280 valence electrons. The van der Waals surface area contributed by atoms with Crippen LogP contribution in [0.15, 0.2) is 14.9 Å². The summed E-state index contributed by atoms with van der Waals surface area (Å²) in [5.74, 6) is 3.96. The van der Waals surface area contributed by atoms with Gasteiger partial charge < -0.3 is 23.4 Å². The molecular formula is C42H70O7. The van der Waals surface area contributed by atoms with Crippen molar-refractivity contribution in [1.29, 1.82) is 0 Å². The first kappa shape index (κ1) is 42.6. The molecule has 0 aliphatic heterocycles. The van der Waals surface area contributed by atoms with Gasteiger partial charge in [-0.3, -0.25) is 9.59 Å². The van der Waals surface area contributed by atoms with Gasteiger partial charge in [-0.1, -0.05) is 90.9 Å². The van der Waals surface area contributed by atoms with E-state index >= 15 is 0 Å². The van der Waals surface area contributed by atoms with Gasteiger partial charge in [0.15, 0.2) is 6.10 Å². The summed E-state index contributed by atoms with van der Waals surface area (Å²) in [7, 11) is 0. The highest BCUT2D eigenvalue weighted by molar-refractivity contribution is 5.70. The predicted molar refractivity (Wildman–Crippen MR) is 198 cm³/mol. The molecule has 2 aromatic rings. The molecule has 0 unspecified atom stereocenters. The largest absolute Gasteiger partial charge is 0.466 e. The molecule has 0 amide bonds. The molecule has 0 bridgehead atoms. The van der Waals surface area contributed by atoms with Gasteiger partial charge in [-0.2, -0.15) is 0 Å². The van der Waals surface area contributed by atoms with E-state index in [0.29, 0.717) is 12.8 Å².